The SMILES string of the molecule is Cc1cccc(C(O)Cc2ccc([N+](=O)[O-])cc2)c1I. The zero-order chi connectivity index (χ0) is 14.7. The van der Waals surface area contributed by atoms with E-state index in [0.29, 0.717) is 6.42 Å². The lowest BCUT2D eigenvalue weighted by Gasteiger charge is -2.14. The summed E-state index contributed by atoms with van der Waals surface area (Å²) >= 11 is 2.23. The summed E-state index contributed by atoms with van der Waals surface area (Å²) in [5, 5.41) is 20.9. The van der Waals surface area contributed by atoms with Gasteiger partial charge in [0.15, 0.2) is 0 Å². The summed E-state index contributed by atoms with van der Waals surface area (Å²) in [6.45, 7) is 2.00. The van der Waals surface area contributed by atoms with E-state index in [1.165, 1.54) is 12.1 Å². The zero-order valence-electron chi connectivity index (χ0n) is 10.9. The molecule has 1 atom stereocenters. The van der Waals surface area contributed by atoms with Crippen molar-refractivity contribution in [2.45, 2.75) is 19.4 Å². The lowest BCUT2D eigenvalue weighted by atomic mass is 10.00. The monoisotopic (exact) mass is 383 g/mol. The van der Waals surface area contributed by atoms with Crippen LogP contribution < -0.4 is 0 Å². The van der Waals surface area contributed by atoms with Crippen LogP contribution in [-0.4, -0.2) is 10.0 Å². The molecule has 0 aromatic heterocycles. The minimum absolute atomic E-state index is 0.0633. The van der Waals surface area contributed by atoms with Gasteiger partial charge in [-0.1, -0.05) is 30.3 Å². The maximum Gasteiger partial charge on any atom is 0.269 e. The molecule has 0 spiro atoms. The molecule has 0 heterocycles. The van der Waals surface area contributed by atoms with E-state index < -0.39 is 11.0 Å². The van der Waals surface area contributed by atoms with Crippen molar-refractivity contribution in [3.05, 3.63) is 72.8 Å². The van der Waals surface area contributed by atoms with E-state index in [2.05, 4.69) is 22.6 Å². The van der Waals surface area contributed by atoms with Crippen LogP contribution in [0.3, 0.4) is 0 Å². The molecule has 1 N–H and O–H groups in total. The van der Waals surface area contributed by atoms with Crippen molar-refractivity contribution in [2.24, 2.45) is 0 Å². The molecule has 20 heavy (non-hydrogen) atoms. The average Bonchev–Trinajstić information content (AvgIpc) is 2.42. The quantitative estimate of drug-likeness (QED) is 0.497. The van der Waals surface area contributed by atoms with Gasteiger partial charge in [0.05, 0.1) is 11.0 Å². The lowest BCUT2D eigenvalue weighted by molar-refractivity contribution is -0.384. The maximum absolute atomic E-state index is 10.6. The largest absolute Gasteiger partial charge is 0.388 e. The molecule has 1 unspecified atom stereocenters. The first kappa shape index (κ1) is 14.9. The number of aryl methyl sites for hydroxylation is 1. The molecule has 0 aliphatic heterocycles. The standard InChI is InChI=1S/C15H14INO3/c1-10-3-2-4-13(15(10)16)14(18)9-11-5-7-12(8-6-11)17(19)20/h2-8,14,18H,9H2,1H3. The molecule has 0 bridgehead atoms. The minimum Gasteiger partial charge on any atom is -0.388 e. The van der Waals surface area contributed by atoms with Gasteiger partial charge in [0, 0.05) is 22.1 Å². The van der Waals surface area contributed by atoms with Gasteiger partial charge in [-0.3, -0.25) is 10.1 Å². The lowest BCUT2D eigenvalue weighted by Crippen LogP contribution is -2.05. The zero-order valence-corrected chi connectivity index (χ0v) is 13.1. The molecule has 0 fully saturated rings. The Labute approximate surface area is 130 Å². The number of halogens is 1. The molecule has 2 rings (SSSR count). The maximum atomic E-state index is 10.6. The van der Waals surface area contributed by atoms with Crippen molar-refractivity contribution in [3.63, 3.8) is 0 Å². The van der Waals surface area contributed by atoms with Gasteiger partial charge >= 0.3 is 0 Å². The van der Waals surface area contributed by atoms with Crippen LogP contribution in [0, 0.1) is 20.6 Å². The summed E-state index contributed by atoms with van der Waals surface area (Å²) in [4.78, 5) is 10.2. The highest BCUT2D eigenvalue weighted by Crippen LogP contribution is 2.26. The van der Waals surface area contributed by atoms with E-state index in [1.54, 1.807) is 12.1 Å². The van der Waals surface area contributed by atoms with E-state index in [-0.39, 0.29) is 5.69 Å². The highest BCUT2D eigenvalue weighted by Gasteiger charge is 2.14. The van der Waals surface area contributed by atoms with Crippen molar-refractivity contribution >= 4 is 28.3 Å². The van der Waals surface area contributed by atoms with Crippen LogP contribution in [-0.2, 0) is 6.42 Å². The van der Waals surface area contributed by atoms with Crippen molar-refractivity contribution < 1.29 is 10.0 Å². The molecule has 0 saturated carbocycles. The molecule has 104 valence electrons. The first-order valence-electron chi connectivity index (χ1n) is 6.15. The molecule has 0 amide bonds. The summed E-state index contributed by atoms with van der Waals surface area (Å²) < 4.78 is 1.06. The third-order valence-electron chi connectivity index (χ3n) is 3.16. The van der Waals surface area contributed by atoms with Crippen LogP contribution >= 0.6 is 22.6 Å². The number of nitro groups is 1. The Morgan fingerprint density at radius 3 is 2.50 bits per heavy atom. The molecular formula is C15H14INO3. The first-order valence-corrected chi connectivity index (χ1v) is 7.23. The summed E-state index contributed by atoms with van der Waals surface area (Å²) in [6.07, 6.45) is -0.166. The Bertz CT molecular complexity index is 626. The number of hydrogen-bond donors (Lipinski definition) is 1. The Morgan fingerprint density at radius 1 is 1.25 bits per heavy atom. The van der Waals surface area contributed by atoms with Crippen LogP contribution in [0.2, 0.25) is 0 Å². The van der Waals surface area contributed by atoms with E-state index in [0.717, 1.165) is 20.3 Å². The van der Waals surface area contributed by atoms with Crippen LogP contribution in [0.4, 0.5) is 5.69 Å². The van der Waals surface area contributed by atoms with E-state index in [4.69, 9.17) is 0 Å². The second kappa shape index (κ2) is 6.32. The minimum atomic E-state index is -0.608. The summed E-state index contributed by atoms with van der Waals surface area (Å²) in [5.41, 5.74) is 2.96. The second-order valence-electron chi connectivity index (χ2n) is 4.62. The number of aliphatic hydroxyl groups is 1. The number of benzene rings is 2. The van der Waals surface area contributed by atoms with Crippen LogP contribution in [0.1, 0.15) is 22.8 Å². The Morgan fingerprint density at radius 2 is 1.90 bits per heavy atom. The summed E-state index contributed by atoms with van der Waals surface area (Å²) in [7, 11) is 0. The summed E-state index contributed by atoms with van der Waals surface area (Å²) in [5.74, 6) is 0. The third kappa shape index (κ3) is 3.34. The number of rotatable bonds is 4. The van der Waals surface area contributed by atoms with Gasteiger partial charge in [-0.2, -0.15) is 0 Å². The average molecular weight is 383 g/mol. The molecule has 2 aromatic carbocycles. The molecule has 2 aromatic rings. The fourth-order valence-electron chi connectivity index (χ4n) is 2.01. The topological polar surface area (TPSA) is 63.4 Å². The van der Waals surface area contributed by atoms with Crippen LogP contribution in [0.15, 0.2) is 42.5 Å². The predicted octanol–water partition coefficient (Wildman–Crippen LogP) is 3.78. The smallest absolute Gasteiger partial charge is 0.269 e. The highest BCUT2D eigenvalue weighted by atomic mass is 127. The molecular weight excluding hydrogens is 369 g/mol. The van der Waals surface area contributed by atoms with Gasteiger partial charge in [-0.15, -0.1) is 0 Å². The van der Waals surface area contributed by atoms with Gasteiger partial charge in [0.25, 0.3) is 5.69 Å². The van der Waals surface area contributed by atoms with Gasteiger partial charge in [0.1, 0.15) is 0 Å². The first-order chi connectivity index (χ1) is 9.49. The Balaban J connectivity index is 2.17. The van der Waals surface area contributed by atoms with E-state index in [1.807, 2.05) is 25.1 Å². The molecule has 0 radical (unpaired) electrons. The number of nitro benzene ring substituents is 1. The number of hydrogen-bond acceptors (Lipinski definition) is 3. The third-order valence-corrected chi connectivity index (χ3v) is 4.63. The fourth-order valence-corrected chi connectivity index (χ4v) is 2.73. The van der Waals surface area contributed by atoms with Crippen molar-refractivity contribution in [3.8, 4) is 0 Å². The van der Waals surface area contributed by atoms with Crippen molar-refractivity contribution in [2.75, 3.05) is 0 Å². The number of non-ortho nitro benzene ring substituents is 1. The molecule has 0 aliphatic rings. The second-order valence-corrected chi connectivity index (χ2v) is 5.70. The number of nitrogens with zero attached hydrogens (tertiary/aromatic N) is 1. The highest BCUT2D eigenvalue weighted by molar-refractivity contribution is 14.1. The van der Waals surface area contributed by atoms with Crippen LogP contribution in [0.5, 0.6) is 0 Å². The molecule has 4 nitrogen and oxygen atoms in total. The Kier molecular flexibility index (Phi) is 4.72. The summed E-state index contributed by atoms with van der Waals surface area (Å²) in [6, 6.07) is 12.1. The number of aliphatic hydroxyl groups excluding tert-OH is 1. The van der Waals surface area contributed by atoms with E-state index >= 15 is 0 Å². The molecule has 5 heteroatoms. The molecule has 0 aliphatic carbocycles. The van der Waals surface area contributed by atoms with Gasteiger partial charge in [-0.25, -0.2) is 0 Å². The van der Waals surface area contributed by atoms with Crippen molar-refractivity contribution in [1.82, 2.24) is 0 Å². The Hall–Kier alpha value is -1.47. The normalized spacial score (nSPS) is 12.2. The van der Waals surface area contributed by atoms with E-state index in [9.17, 15) is 15.2 Å². The fraction of sp³-hybridized carbons (Fsp3) is 0.200. The van der Waals surface area contributed by atoms with Gasteiger partial charge in [0.2, 0.25) is 0 Å². The predicted molar refractivity (Wildman–Crippen MR) is 85.7 cm³/mol. The van der Waals surface area contributed by atoms with Crippen molar-refractivity contribution in [1.29, 1.82) is 0 Å². The van der Waals surface area contributed by atoms with Crippen LogP contribution in [0.25, 0.3) is 0 Å². The van der Waals surface area contributed by atoms with Gasteiger partial charge in [-0.05, 0) is 46.2 Å². The van der Waals surface area contributed by atoms with Gasteiger partial charge < -0.3 is 5.11 Å². The molecule has 0 saturated heterocycles.